The number of allylic oxidation sites excluding steroid dienone is 1. The Bertz CT molecular complexity index is 490. The molecule has 19 heavy (non-hydrogen) atoms. The highest BCUT2D eigenvalue weighted by atomic mass is 35.5. The van der Waals surface area contributed by atoms with Crippen molar-refractivity contribution in [1.82, 2.24) is 5.32 Å². The summed E-state index contributed by atoms with van der Waals surface area (Å²) in [6.45, 7) is 7.00. The zero-order valence-electron chi connectivity index (χ0n) is 10.2. The first kappa shape index (κ1) is 15.7. The van der Waals surface area contributed by atoms with Crippen molar-refractivity contribution in [3.63, 3.8) is 0 Å². The Labute approximate surface area is 121 Å². The summed E-state index contributed by atoms with van der Waals surface area (Å²) in [7, 11) is 0. The van der Waals surface area contributed by atoms with Crippen molar-refractivity contribution in [2.45, 2.75) is 6.17 Å². The summed E-state index contributed by atoms with van der Waals surface area (Å²) >= 11 is 11.7. The highest BCUT2D eigenvalue weighted by Gasteiger charge is 2.17. The maximum absolute atomic E-state index is 13.4. The number of hydrogen-bond donors (Lipinski definition) is 1. The van der Waals surface area contributed by atoms with Gasteiger partial charge in [0.1, 0.15) is 6.17 Å². The summed E-state index contributed by atoms with van der Waals surface area (Å²) in [6.07, 6.45) is 1.35. The predicted molar refractivity (Wildman–Crippen MR) is 77.6 cm³/mol. The number of rotatable bonds is 6. The minimum Gasteiger partial charge on any atom is -0.351 e. The second-order valence-electron chi connectivity index (χ2n) is 3.89. The van der Waals surface area contributed by atoms with Crippen molar-refractivity contribution in [1.29, 1.82) is 0 Å². The Morgan fingerprint density at radius 3 is 2.63 bits per heavy atom. The normalized spacial score (nSPS) is 13.4. The molecular weight excluding hydrogens is 288 g/mol. The minimum atomic E-state index is -1.26. The van der Waals surface area contributed by atoms with Gasteiger partial charge in [0.15, 0.2) is 0 Å². The van der Waals surface area contributed by atoms with Gasteiger partial charge in [0, 0.05) is 12.5 Å². The Balaban J connectivity index is 2.72. The molecule has 102 valence electrons. The quantitative estimate of drug-likeness (QED) is 0.789. The number of carbonyl (C=O) groups excluding carboxylic acids is 1. The summed E-state index contributed by atoms with van der Waals surface area (Å²) in [6, 6.07) is 4.76. The molecule has 0 radical (unpaired) electrons. The van der Waals surface area contributed by atoms with E-state index >= 15 is 0 Å². The van der Waals surface area contributed by atoms with Gasteiger partial charge in [-0.2, -0.15) is 0 Å². The Morgan fingerprint density at radius 1 is 1.37 bits per heavy atom. The first-order valence-electron chi connectivity index (χ1n) is 5.62. The van der Waals surface area contributed by atoms with E-state index in [0.29, 0.717) is 5.02 Å². The summed E-state index contributed by atoms with van der Waals surface area (Å²) in [5.41, 5.74) is 0.256. The van der Waals surface area contributed by atoms with Crippen LogP contribution < -0.4 is 5.32 Å². The number of benzene rings is 1. The van der Waals surface area contributed by atoms with Crippen molar-refractivity contribution in [2.75, 3.05) is 6.54 Å². The van der Waals surface area contributed by atoms with Crippen LogP contribution in [0, 0.1) is 5.92 Å². The van der Waals surface area contributed by atoms with Gasteiger partial charge in [0.05, 0.1) is 15.6 Å². The molecule has 0 aliphatic carbocycles. The molecule has 0 heterocycles. The molecule has 1 N–H and O–H groups in total. The number of halogens is 3. The van der Waals surface area contributed by atoms with Crippen LogP contribution >= 0.6 is 23.2 Å². The van der Waals surface area contributed by atoms with Crippen molar-refractivity contribution >= 4 is 29.1 Å². The molecule has 0 aliphatic rings. The van der Waals surface area contributed by atoms with Crippen LogP contribution in [0.5, 0.6) is 0 Å². The van der Waals surface area contributed by atoms with E-state index in [0.717, 1.165) is 0 Å². The van der Waals surface area contributed by atoms with E-state index in [9.17, 15) is 9.18 Å². The number of hydrogen-bond acceptors (Lipinski definition) is 1. The maximum atomic E-state index is 13.4. The molecule has 1 amide bonds. The number of amides is 1. The third-order valence-corrected chi connectivity index (χ3v) is 3.45. The second-order valence-corrected chi connectivity index (χ2v) is 4.68. The van der Waals surface area contributed by atoms with Gasteiger partial charge in [-0.3, -0.25) is 4.79 Å². The van der Waals surface area contributed by atoms with Crippen LogP contribution in [-0.4, -0.2) is 18.6 Å². The highest BCUT2D eigenvalue weighted by molar-refractivity contribution is 6.43. The van der Waals surface area contributed by atoms with Gasteiger partial charge in [-0.15, -0.1) is 13.2 Å². The van der Waals surface area contributed by atoms with E-state index in [1.165, 1.54) is 12.2 Å². The Kier molecular flexibility index (Phi) is 6.06. The molecule has 0 bridgehead atoms. The van der Waals surface area contributed by atoms with Gasteiger partial charge in [-0.1, -0.05) is 41.4 Å². The number of carbonyl (C=O) groups is 1. The van der Waals surface area contributed by atoms with E-state index in [1.54, 1.807) is 18.2 Å². The maximum Gasteiger partial charge on any atom is 0.252 e. The predicted octanol–water partition coefficient (Wildman–Crippen LogP) is 4.05. The average molecular weight is 302 g/mol. The third-order valence-electron chi connectivity index (χ3n) is 2.63. The molecule has 1 rings (SSSR count). The monoisotopic (exact) mass is 301 g/mol. The zero-order chi connectivity index (χ0) is 14.4. The van der Waals surface area contributed by atoms with Crippen LogP contribution in [0.4, 0.5) is 4.39 Å². The fourth-order valence-electron chi connectivity index (χ4n) is 1.49. The van der Waals surface area contributed by atoms with Crippen molar-refractivity contribution in [2.24, 2.45) is 5.92 Å². The Hall–Kier alpha value is -1.32. The van der Waals surface area contributed by atoms with Gasteiger partial charge in [0.25, 0.3) is 5.91 Å². The summed E-state index contributed by atoms with van der Waals surface area (Å²) < 4.78 is 13.4. The molecule has 0 aromatic heterocycles. The van der Waals surface area contributed by atoms with E-state index in [4.69, 9.17) is 23.2 Å². The summed E-state index contributed by atoms with van der Waals surface area (Å²) in [5.74, 6) is -0.935. The zero-order valence-corrected chi connectivity index (χ0v) is 11.7. The third kappa shape index (κ3) is 4.08. The first-order chi connectivity index (χ1) is 9.01. The number of alkyl halides is 1. The van der Waals surface area contributed by atoms with E-state index < -0.39 is 18.0 Å². The molecule has 0 fully saturated rings. The second kappa shape index (κ2) is 7.31. The molecule has 2 atom stereocenters. The highest BCUT2D eigenvalue weighted by Crippen LogP contribution is 2.25. The average Bonchev–Trinajstić information content (AvgIpc) is 2.41. The summed E-state index contributed by atoms with van der Waals surface area (Å²) in [4.78, 5) is 11.9. The lowest BCUT2D eigenvalue weighted by molar-refractivity contribution is 0.0946. The first-order valence-corrected chi connectivity index (χ1v) is 6.38. The molecule has 0 spiro atoms. The van der Waals surface area contributed by atoms with Crippen LogP contribution in [0.3, 0.4) is 0 Å². The molecule has 1 aromatic rings. The molecule has 1 aromatic carbocycles. The topological polar surface area (TPSA) is 29.1 Å². The molecule has 0 aliphatic heterocycles. The fourth-order valence-corrected chi connectivity index (χ4v) is 1.87. The SMILES string of the molecule is C=CC(F)C(C=C)CNC(=O)c1cccc(Cl)c1Cl. The number of nitrogens with one attached hydrogen (secondary N) is 1. The van der Waals surface area contributed by atoms with Crippen molar-refractivity contribution in [3.05, 3.63) is 59.1 Å². The molecule has 0 saturated carbocycles. The van der Waals surface area contributed by atoms with Gasteiger partial charge in [-0.25, -0.2) is 4.39 Å². The largest absolute Gasteiger partial charge is 0.351 e. The minimum absolute atomic E-state index is 0.109. The molecule has 5 heteroatoms. The van der Waals surface area contributed by atoms with Crippen LogP contribution in [-0.2, 0) is 0 Å². The lowest BCUT2D eigenvalue weighted by Crippen LogP contribution is -2.32. The van der Waals surface area contributed by atoms with Gasteiger partial charge in [0.2, 0.25) is 0 Å². The van der Waals surface area contributed by atoms with E-state index in [1.807, 2.05) is 0 Å². The van der Waals surface area contributed by atoms with E-state index in [2.05, 4.69) is 18.5 Å². The molecule has 2 unspecified atom stereocenters. The molecular formula is C14H14Cl2FNO. The lowest BCUT2D eigenvalue weighted by Gasteiger charge is -2.15. The van der Waals surface area contributed by atoms with Gasteiger partial charge < -0.3 is 5.32 Å². The standard InChI is InChI=1S/C14H14Cl2FNO/c1-3-9(12(17)4-2)8-18-14(19)10-6-5-7-11(15)13(10)16/h3-7,9,12H,1-2,8H2,(H,18,19). The van der Waals surface area contributed by atoms with Gasteiger partial charge in [-0.05, 0) is 12.1 Å². The fraction of sp³-hybridized carbons (Fsp3) is 0.214. The van der Waals surface area contributed by atoms with Crippen LogP contribution in [0.1, 0.15) is 10.4 Å². The van der Waals surface area contributed by atoms with E-state index in [-0.39, 0.29) is 17.1 Å². The van der Waals surface area contributed by atoms with Crippen molar-refractivity contribution in [3.8, 4) is 0 Å². The Morgan fingerprint density at radius 2 is 2.05 bits per heavy atom. The van der Waals surface area contributed by atoms with Crippen LogP contribution in [0.25, 0.3) is 0 Å². The van der Waals surface area contributed by atoms with Crippen molar-refractivity contribution < 1.29 is 9.18 Å². The summed E-state index contributed by atoms with van der Waals surface area (Å²) in [5, 5.41) is 3.07. The molecule has 2 nitrogen and oxygen atoms in total. The smallest absolute Gasteiger partial charge is 0.252 e. The van der Waals surface area contributed by atoms with Crippen LogP contribution in [0.15, 0.2) is 43.5 Å². The van der Waals surface area contributed by atoms with Gasteiger partial charge >= 0.3 is 0 Å². The molecule has 0 saturated heterocycles. The van der Waals surface area contributed by atoms with Crippen LogP contribution in [0.2, 0.25) is 10.0 Å². The lowest BCUT2D eigenvalue weighted by atomic mass is 10.0.